The molecule has 6 nitrogen and oxygen atoms in total. The molecule has 30 heavy (non-hydrogen) atoms. The number of aromatic nitrogens is 3. The van der Waals surface area contributed by atoms with Gasteiger partial charge in [-0.05, 0) is 23.8 Å². The van der Waals surface area contributed by atoms with Gasteiger partial charge in [0.25, 0.3) is 0 Å². The van der Waals surface area contributed by atoms with Gasteiger partial charge in [-0.25, -0.2) is 4.98 Å². The summed E-state index contributed by atoms with van der Waals surface area (Å²) >= 11 is 0. The van der Waals surface area contributed by atoms with Crippen molar-refractivity contribution < 1.29 is 5.11 Å². The number of hydrogen-bond donors (Lipinski definition) is 2. The van der Waals surface area contributed by atoms with Gasteiger partial charge in [-0.1, -0.05) is 42.5 Å². The number of nitrogens with zero attached hydrogens (tertiary/aromatic N) is 4. The third-order valence-electron chi connectivity index (χ3n) is 4.96. The van der Waals surface area contributed by atoms with E-state index in [9.17, 15) is 10.4 Å². The molecule has 0 aliphatic heterocycles. The summed E-state index contributed by atoms with van der Waals surface area (Å²) in [4.78, 5) is 9.02. The van der Waals surface area contributed by atoms with E-state index in [0.29, 0.717) is 17.7 Å². The fourth-order valence-corrected chi connectivity index (χ4v) is 3.34. The Morgan fingerprint density at radius 1 is 1.03 bits per heavy atom. The SMILES string of the molecule is N#Cc1ccc(-c2ccc(C(O)CN)cn2)c(Cn2cnc(-c3ccccc3)c2)c1. The normalized spacial score (nSPS) is 11.8. The van der Waals surface area contributed by atoms with Crippen LogP contribution in [-0.4, -0.2) is 26.2 Å². The Bertz CT molecular complexity index is 1180. The van der Waals surface area contributed by atoms with E-state index >= 15 is 0 Å². The number of nitriles is 1. The van der Waals surface area contributed by atoms with E-state index in [1.165, 1.54) is 0 Å². The highest BCUT2D eigenvalue weighted by Crippen LogP contribution is 2.26. The fraction of sp³-hybridized carbons (Fsp3) is 0.125. The summed E-state index contributed by atoms with van der Waals surface area (Å²) in [6, 6.07) is 21.5. The lowest BCUT2D eigenvalue weighted by Gasteiger charge is -2.12. The van der Waals surface area contributed by atoms with Crippen molar-refractivity contribution in [3.05, 3.63) is 96.1 Å². The maximum absolute atomic E-state index is 9.89. The van der Waals surface area contributed by atoms with Crippen LogP contribution < -0.4 is 5.73 Å². The number of rotatable bonds is 6. The van der Waals surface area contributed by atoms with Crippen molar-refractivity contribution >= 4 is 0 Å². The standard InChI is InChI=1S/C24H21N5O/c25-11-17-6-8-21(22-9-7-19(13-27-22)24(30)12-26)20(10-17)14-29-15-23(28-16-29)18-4-2-1-3-5-18/h1-10,13,15-16,24,30H,12,14,26H2. The van der Waals surface area contributed by atoms with Crippen molar-refractivity contribution in [2.75, 3.05) is 6.54 Å². The molecule has 0 bridgehead atoms. The average molecular weight is 395 g/mol. The monoisotopic (exact) mass is 395 g/mol. The number of hydrogen-bond acceptors (Lipinski definition) is 5. The molecule has 0 aliphatic rings. The number of benzene rings is 2. The van der Waals surface area contributed by atoms with Gasteiger partial charge in [0, 0.05) is 42.2 Å². The first-order valence-electron chi connectivity index (χ1n) is 9.62. The van der Waals surface area contributed by atoms with Crippen molar-refractivity contribution in [2.24, 2.45) is 5.73 Å². The predicted octanol–water partition coefficient (Wildman–Crippen LogP) is 3.52. The molecule has 2 heterocycles. The lowest BCUT2D eigenvalue weighted by Crippen LogP contribution is -2.11. The van der Waals surface area contributed by atoms with Gasteiger partial charge in [-0.3, -0.25) is 4.98 Å². The van der Waals surface area contributed by atoms with Gasteiger partial charge in [0.2, 0.25) is 0 Å². The highest BCUT2D eigenvalue weighted by molar-refractivity contribution is 5.65. The second-order valence-corrected chi connectivity index (χ2v) is 7.01. The number of imidazole rings is 1. The third kappa shape index (κ3) is 4.13. The Balaban J connectivity index is 1.66. The second kappa shape index (κ2) is 8.70. The number of nitrogens with two attached hydrogens (primary N) is 1. The first-order valence-corrected chi connectivity index (χ1v) is 9.62. The van der Waals surface area contributed by atoms with E-state index in [1.807, 2.05) is 65.4 Å². The molecule has 4 aromatic rings. The van der Waals surface area contributed by atoms with Crippen LogP contribution in [-0.2, 0) is 6.54 Å². The van der Waals surface area contributed by atoms with E-state index < -0.39 is 6.10 Å². The first-order chi connectivity index (χ1) is 14.7. The summed E-state index contributed by atoms with van der Waals surface area (Å²) in [6.07, 6.45) is 4.69. The molecular formula is C24H21N5O. The zero-order valence-corrected chi connectivity index (χ0v) is 16.3. The summed E-state index contributed by atoms with van der Waals surface area (Å²) in [5, 5.41) is 19.2. The molecule has 0 radical (unpaired) electrons. The van der Waals surface area contributed by atoms with Gasteiger partial charge < -0.3 is 15.4 Å². The predicted molar refractivity (Wildman–Crippen MR) is 115 cm³/mol. The first kappa shape index (κ1) is 19.5. The van der Waals surface area contributed by atoms with Gasteiger partial charge in [-0.2, -0.15) is 5.26 Å². The Morgan fingerprint density at radius 2 is 1.87 bits per heavy atom. The zero-order chi connectivity index (χ0) is 20.9. The van der Waals surface area contributed by atoms with E-state index in [-0.39, 0.29) is 6.54 Å². The van der Waals surface area contributed by atoms with Crippen LogP contribution in [0, 0.1) is 11.3 Å². The van der Waals surface area contributed by atoms with E-state index in [0.717, 1.165) is 28.1 Å². The molecule has 1 atom stereocenters. The van der Waals surface area contributed by atoms with Crippen LogP contribution in [0.1, 0.15) is 22.8 Å². The summed E-state index contributed by atoms with van der Waals surface area (Å²) in [5.74, 6) is 0. The van der Waals surface area contributed by atoms with Crippen LogP contribution in [0.4, 0.5) is 0 Å². The minimum Gasteiger partial charge on any atom is -0.387 e. The number of aliphatic hydroxyl groups excluding tert-OH is 1. The van der Waals surface area contributed by atoms with Gasteiger partial charge in [0.15, 0.2) is 0 Å². The summed E-state index contributed by atoms with van der Waals surface area (Å²) in [7, 11) is 0. The molecule has 0 amide bonds. The summed E-state index contributed by atoms with van der Waals surface area (Å²) in [6.45, 7) is 0.701. The van der Waals surface area contributed by atoms with Gasteiger partial charge in [0.05, 0.1) is 35.5 Å². The zero-order valence-electron chi connectivity index (χ0n) is 16.3. The minimum absolute atomic E-state index is 0.146. The molecular weight excluding hydrogens is 374 g/mol. The molecule has 0 saturated heterocycles. The highest BCUT2D eigenvalue weighted by Gasteiger charge is 2.12. The van der Waals surface area contributed by atoms with Crippen molar-refractivity contribution in [3.63, 3.8) is 0 Å². The van der Waals surface area contributed by atoms with Gasteiger partial charge in [0.1, 0.15) is 0 Å². The summed E-state index contributed by atoms with van der Waals surface area (Å²) < 4.78 is 1.99. The fourth-order valence-electron chi connectivity index (χ4n) is 3.34. The van der Waals surface area contributed by atoms with E-state index in [2.05, 4.69) is 16.0 Å². The van der Waals surface area contributed by atoms with Gasteiger partial charge in [-0.15, -0.1) is 0 Å². The quantitative estimate of drug-likeness (QED) is 0.520. The second-order valence-electron chi connectivity index (χ2n) is 7.01. The maximum Gasteiger partial charge on any atom is 0.0991 e. The third-order valence-corrected chi connectivity index (χ3v) is 4.96. The average Bonchev–Trinajstić information content (AvgIpc) is 3.28. The lowest BCUT2D eigenvalue weighted by atomic mass is 10.00. The number of aliphatic hydroxyl groups is 1. The topological polar surface area (TPSA) is 101 Å². The van der Waals surface area contributed by atoms with Crippen molar-refractivity contribution in [3.8, 4) is 28.6 Å². The Morgan fingerprint density at radius 3 is 2.57 bits per heavy atom. The van der Waals surface area contributed by atoms with Crippen LogP contribution in [0.15, 0.2) is 79.4 Å². The van der Waals surface area contributed by atoms with Crippen LogP contribution in [0.3, 0.4) is 0 Å². The minimum atomic E-state index is -0.727. The smallest absolute Gasteiger partial charge is 0.0991 e. The van der Waals surface area contributed by atoms with Crippen LogP contribution in [0.5, 0.6) is 0 Å². The van der Waals surface area contributed by atoms with Crippen molar-refractivity contribution in [1.82, 2.24) is 14.5 Å². The van der Waals surface area contributed by atoms with Gasteiger partial charge >= 0.3 is 0 Å². The molecule has 6 heteroatoms. The Labute approximate surface area is 174 Å². The molecule has 0 fully saturated rings. The molecule has 148 valence electrons. The largest absolute Gasteiger partial charge is 0.387 e. The molecule has 2 aromatic heterocycles. The van der Waals surface area contributed by atoms with E-state index in [1.54, 1.807) is 18.6 Å². The number of pyridine rings is 1. The van der Waals surface area contributed by atoms with Crippen molar-refractivity contribution in [2.45, 2.75) is 12.6 Å². The Kier molecular flexibility index (Phi) is 5.66. The molecule has 4 rings (SSSR count). The van der Waals surface area contributed by atoms with Crippen molar-refractivity contribution in [1.29, 1.82) is 5.26 Å². The molecule has 3 N–H and O–H groups in total. The molecule has 2 aromatic carbocycles. The van der Waals surface area contributed by atoms with Crippen LogP contribution in [0.2, 0.25) is 0 Å². The molecule has 0 spiro atoms. The summed E-state index contributed by atoms with van der Waals surface area (Å²) in [5.41, 5.74) is 11.4. The van der Waals surface area contributed by atoms with E-state index in [4.69, 9.17) is 5.73 Å². The maximum atomic E-state index is 9.89. The van der Waals surface area contributed by atoms with Crippen LogP contribution in [0.25, 0.3) is 22.5 Å². The lowest BCUT2D eigenvalue weighted by molar-refractivity contribution is 0.186. The molecule has 0 saturated carbocycles. The van der Waals surface area contributed by atoms with Crippen LogP contribution >= 0.6 is 0 Å². The molecule has 0 aliphatic carbocycles. The Hall–Kier alpha value is -3.79. The highest BCUT2D eigenvalue weighted by atomic mass is 16.3. The molecule has 1 unspecified atom stereocenters.